The zero-order valence-electron chi connectivity index (χ0n) is 8.57. The predicted octanol–water partition coefficient (Wildman–Crippen LogP) is 3.47. The fourth-order valence-electron chi connectivity index (χ4n) is 1.18. The molecule has 2 aromatic rings. The monoisotopic (exact) mass is 222 g/mol. The Bertz CT molecular complexity index is 448. The van der Waals surface area contributed by atoms with E-state index in [4.69, 9.17) is 0 Å². The number of hydrogen-bond donors (Lipinski definition) is 0. The molecule has 1 heterocycles. The van der Waals surface area contributed by atoms with E-state index in [1.54, 1.807) is 23.5 Å². The lowest BCUT2D eigenvalue weighted by Crippen LogP contribution is -1.83. The summed E-state index contributed by atoms with van der Waals surface area (Å²) in [6, 6.07) is 6.32. The number of benzene rings is 1. The summed E-state index contributed by atoms with van der Waals surface area (Å²) in [6.45, 7) is 4.16. The number of halogens is 1. The number of aromatic nitrogens is 2. The van der Waals surface area contributed by atoms with E-state index in [-0.39, 0.29) is 5.82 Å². The fraction of sp³-hybridized carbons (Fsp3) is 0.273. The SMILES string of the molecule is CC(C)c1nnc(-c2ccc(F)cc2)s1. The molecule has 0 bridgehead atoms. The average molecular weight is 222 g/mol. The van der Waals surface area contributed by atoms with Crippen LogP contribution in [0.3, 0.4) is 0 Å². The van der Waals surface area contributed by atoms with Gasteiger partial charge in [0.2, 0.25) is 0 Å². The van der Waals surface area contributed by atoms with Crippen LogP contribution < -0.4 is 0 Å². The Labute approximate surface area is 91.8 Å². The molecule has 0 aliphatic heterocycles. The number of hydrogen-bond acceptors (Lipinski definition) is 3. The molecule has 78 valence electrons. The lowest BCUT2D eigenvalue weighted by Gasteiger charge is -1.95. The van der Waals surface area contributed by atoms with Crippen molar-refractivity contribution in [3.05, 3.63) is 35.1 Å². The van der Waals surface area contributed by atoms with Crippen LogP contribution in [0.25, 0.3) is 10.6 Å². The molecule has 0 radical (unpaired) electrons. The molecule has 2 nitrogen and oxygen atoms in total. The summed E-state index contributed by atoms with van der Waals surface area (Å²) in [6.07, 6.45) is 0. The minimum atomic E-state index is -0.229. The highest BCUT2D eigenvalue weighted by Crippen LogP contribution is 2.27. The molecule has 1 aromatic carbocycles. The molecule has 0 atom stereocenters. The first-order valence-electron chi connectivity index (χ1n) is 4.76. The van der Waals surface area contributed by atoms with Crippen molar-refractivity contribution in [3.8, 4) is 10.6 Å². The second-order valence-corrected chi connectivity index (χ2v) is 4.62. The van der Waals surface area contributed by atoms with Gasteiger partial charge in [0, 0.05) is 11.5 Å². The second kappa shape index (κ2) is 4.06. The smallest absolute Gasteiger partial charge is 0.147 e. The maximum absolute atomic E-state index is 12.7. The normalized spacial score (nSPS) is 10.9. The van der Waals surface area contributed by atoms with Crippen molar-refractivity contribution in [1.82, 2.24) is 10.2 Å². The molecule has 0 saturated carbocycles. The number of nitrogens with zero attached hydrogens (tertiary/aromatic N) is 2. The van der Waals surface area contributed by atoms with E-state index in [0.717, 1.165) is 15.6 Å². The molecule has 0 spiro atoms. The van der Waals surface area contributed by atoms with Gasteiger partial charge in [-0.2, -0.15) is 0 Å². The summed E-state index contributed by atoms with van der Waals surface area (Å²) < 4.78 is 12.7. The van der Waals surface area contributed by atoms with Crippen LogP contribution in [0.15, 0.2) is 24.3 Å². The topological polar surface area (TPSA) is 25.8 Å². The van der Waals surface area contributed by atoms with E-state index >= 15 is 0 Å². The summed E-state index contributed by atoms with van der Waals surface area (Å²) in [5.41, 5.74) is 0.917. The average Bonchev–Trinajstić information content (AvgIpc) is 2.68. The Hall–Kier alpha value is -1.29. The third-order valence-electron chi connectivity index (χ3n) is 2.03. The molecule has 15 heavy (non-hydrogen) atoms. The first kappa shape index (κ1) is 10.2. The molecule has 1 aromatic heterocycles. The van der Waals surface area contributed by atoms with Gasteiger partial charge in [0.1, 0.15) is 15.8 Å². The summed E-state index contributed by atoms with van der Waals surface area (Å²) in [4.78, 5) is 0. The molecule has 0 aliphatic carbocycles. The van der Waals surface area contributed by atoms with Crippen LogP contribution >= 0.6 is 11.3 Å². The molecule has 0 aliphatic rings. The minimum absolute atomic E-state index is 0.229. The first-order chi connectivity index (χ1) is 7.16. The maximum atomic E-state index is 12.7. The van der Waals surface area contributed by atoms with Gasteiger partial charge >= 0.3 is 0 Å². The van der Waals surface area contributed by atoms with E-state index in [0.29, 0.717) is 5.92 Å². The predicted molar refractivity (Wildman–Crippen MR) is 59.4 cm³/mol. The summed E-state index contributed by atoms with van der Waals surface area (Å²) in [5.74, 6) is 0.157. The largest absolute Gasteiger partial charge is 0.207 e. The van der Waals surface area contributed by atoms with E-state index in [1.165, 1.54) is 12.1 Å². The molecule has 0 unspecified atom stereocenters. The Morgan fingerprint density at radius 1 is 1.13 bits per heavy atom. The highest BCUT2D eigenvalue weighted by atomic mass is 32.1. The Morgan fingerprint density at radius 2 is 1.80 bits per heavy atom. The van der Waals surface area contributed by atoms with Crippen molar-refractivity contribution >= 4 is 11.3 Å². The van der Waals surface area contributed by atoms with Crippen LogP contribution in [0.1, 0.15) is 24.8 Å². The number of rotatable bonds is 2. The van der Waals surface area contributed by atoms with Crippen molar-refractivity contribution < 1.29 is 4.39 Å². The van der Waals surface area contributed by atoms with Crippen molar-refractivity contribution in [2.75, 3.05) is 0 Å². The van der Waals surface area contributed by atoms with Crippen LogP contribution in [0.4, 0.5) is 4.39 Å². The van der Waals surface area contributed by atoms with Gasteiger partial charge in [0.25, 0.3) is 0 Å². The minimum Gasteiger partial charge on any atom is -0.207 e. The van der Waals surface area contributed by atoms with E-state index < -0.39 is 0 Å². The maximum Gasteiger partial charge on any atom is 0.147 e. The van der Waals surface area contributed by atoms with Crippen LogP contribution in [-0.4, -0.2) is 10.2 Å². The summed E-state index contributed by atoms with van der Waals surface area (Å²) in [5, 5.41) is 10.0. The lowest BCUT2D eigenvalue weighted by atomic mass is 10.2. The molecule has 0 saturated heterocycles. The lowest BCUT2D eigenvalue weighted by molar-refractivity contribution is 0.628. The molecule has 0 amide bonds. The Morgan fingerprint density at radius 3 is 2.33 bits per heavy atom. The molecule has 0 N–H and O–H groups in total. The fourth-order valence-corrected chi connectivity index (χ4v) is 2.03. The zero-order valence-corrected chi connectivity index (χ0v) is 9.38. The molecular formula is C11H11FN2S. The van der Waals surface area contributed by atoms with Gasteiger partial charge in [0.05, 0.1) is 0 Å². The molecule has 4 heteroatoms. The second-order valence-electron chi connectivity index (χ2n) is 3.61. The van der Waals surface area contributed by atoms with Crippen LogP contribution in [0, 0.1) is 5.82 Å². The van der Waals surface area contributed by atoms with E-state index in [2.05, 4.69) is 24.0 Å². The van der Waals surface area contributed by atoms with Gasteiger partial charge in [-0.3, -0.25) is 0 Å². The van der Waals surface area contributed by atoms with Gasteiger partial charge in [-0.25, -0.2) is 4.39 Å². The Kier molecular flexibility index (Phi) is 2.77. The molecule has 2 rings (SSSR count). The summed E-state index contributed by atoms with van der Waals surface area (Å²) >= 11 is 1.56. The van der Waals surface area contributed by atoms with Gasteiger partial charge in [0.15, 0.2) is 0 Å². The summed E-state index contributed by atoms with van der Waals surface area (Å²) in [7, 11) is 0. The Balaban J connectivity index is 2.33. The highest BCUT2D eigenvalue weighted by molar-refractivity contribution is 7.14. The van der Waals surface area contributed by atoms with Crippen molar-refractivity contribution in [2.45, 2.75) is 19.8 Å². The third-order valence-corrected chi connectivity index (χ3v) is 3.30. The highest BCUT2D eigenvalue weighted by Gasteiger charge is 2.08. The van der Waals surface area contributed by atoms with E-state index in [1.807, 2.05) is 0 Å². The van der Waals surface area contributed by atoms with Gasteiger partial charge in [-0.15, -0.1) is 10.2 Å². The molecular weight excluding hydrogens is 211 g/mol. The van der Waals surface area contributed by atoms with Gasteiger partial charge in [-0.05, 0) is 24.3 Å². The third kappa shape index (κ3) is 2.21. The van der Waals surface area contributed by atoms with Crippen molar-refractivity contribution in [3.63, 3.8) is 0 Å². The van der Waals surface area contributed by atoms with Gasteiger partial charge in [-0.1, -0.05) is 25.2 Å². The van der Waals surface area contributed by atoms with Gasteiger partial charge < -0.3 is 0 Å². The quantitative estimate of drug-likeness (QED) is 0.777. The first-order valence-corrected chi connectivity index (χ1v) is 5.58. The van der Waals surface area contributed by atoms with Crippen LogP contribution in [0.2, 0.25) is 0 Å². The van der Waals surface area contributed by atoms with E-state index in [9.17, 15) is 4.39 Å². The van der Waals surface area contributed by atoms with Crippen molar-refractivity contribution in [2.24, 2.45) is 0 Å². The van der Waals surface area contributed by atoms with Crippen LogP contribution in [-0.2, 0) is 0 Å². The molecule has 0 fully saturated rings. The zero-order chi connectivity index (χ0) is 10.8. The van der Waals surface area contributed by atoms with Crippen LogP contribution in [0.5, 0.6) is 0 Å². The van der Waals surface area contributed by atoms with Crippen molar-refractivity contribution in [1.29, 1.82) is 0 Å². The standard InChI is InChI=1S/C11H11FN2S/c1-7(2)10-13-14-11(15-10)8-3-5-9(12)6-4-8/h3-7H,1-2H3.